The van der Waals surface area contributed by atoms with Gasteiger partial charge in [0, 0.05) is 6.54 Å². The number of nitrogens with one attached hydrogen (secondary N) is 3. The average molecular weight is 367 g/mol. The first-order valence-corrected chi connectivity index (χ1v) is 8.93. The third kappa shape index (κ3) is 4.23. The summed E-state index contributed by atoms with van der Waals surface area (Å²) in [5.41, 5.74) is 0.298. The molecular weight excluding hydrogens is 344 g/mol. The van der Waals surface area contributed by atoms with E-state index in [1.807, 2.05) is 13.8 Å². The Hall–Kier alpha value is -2.26. The van der Waals surface area contributed by atoms with Gasteiger partial charge in [-0.1, -0.05) is 0 Å². The summed E-state index contributed by atoms with van der Waals surface area (Å²) in [5, 5.41) is 3.18. The molecule has 25 heavy (non-hydrogen) atoms. The van der Waals surface area contributed by atoms with Crippen LogP contribution in [0.1, 0.15) is 34.9 Å². The van der Waals surface area contributed by atoms with E-state index in [0.717, 1.165) is 22.8 Å². The number of aryl methyl sites for hydroxylation is 1. The zero-order valence-corrected chi connectivity index (χ0v) is 15.6. The van der Waals surface area contributed by atoms with Gasteiger partial charge in [0.2, 0.25) is 0 Å². The lowest BCUT2D eigenvalue weighted by molar-refractivity contribution is -0.904. The summed E-state index contributed by atoms with van der Waals surface area (Å²) >= 11 is 1.15. The molecule has 0 aliphatic rings. The van der Waals surface area contributed by atoms with Crippen molar-refractivity contribution in [3.05, 3.63) is 26.6 Å². The van der Waals surface area contributed by atoms with Crippen LogP contribution in [-0.2, 0) is 16.1 Å². The van der Waals surface area contributed by atoms with E-state index in [2.05, 4.69) is 15.3 Å². The van der Waals surface area contributed by atoms with E-state index >= 15 is 0 Å². The Balaban J connectivity index is 2.32. The smallest absolute Gasteiger partial charge is 0.348 e. The summed E-state index contributed by atoms with van der Waals surface area (Å²) in [7, 11) is 1.30. The second-order valence-electron chi connectivity index (χ2n) is 5.65. The lowest BCUT2D eigenvalue weighted by atomic mass is 10.2. The first-order chi connectivity index (χ1) is 11.9. The summed E-state index contributed by atoms with van der Waals surface area (Å²) in [5.74, 6) is -0.0162. The molecule has 0 saturated carbocycles. The standard InChI is InChI=1S/C16H22N4O4S/c1-5-17-11(21)8-20(6-2)7-10-18-14(22)12-9(3)13(16(23)24-4)25-15(12)19-10/h5-8H2,1-4H3,(H,17,21)(H,18,19,22)/p+1. The minimum Gasteiger partial charge on any atom is -0.465 e. The van der Waals surface area contributed by atoms with Gasteiger partial charge in [0.1, 0.15) is 16.3 Å². The van der Waals surface area contributed by atoms with Crippen LogP contribution in [0, 0.1) is 6.92 Å². The van der Waals surface area contributed by atoms with E-state index in [1.54, 1.807) is 6.92 Å². The zero-order chi connectivity index (χ0) is 18.6. The number of rotatable bonds is 7. The van der Waals surface area contributed by atoms with Crippen LogP contribution in [0.25, 0.3) is 10.2 Å². The Kier molecular flexibility index (Phi) is 6.27. The molecule has 0 spiro atoms. The van der Waals surface area contributed by atoms with Crippen molar-refractivity contribution in [2.45, 2.75) is 27.3 Å². The molecule has 0 aliphatic carbocycles. The summed E-state index contributed by atoms with van der Waals surface area (Å²) in [6, 6.07) is 0. The maximum atomic E-state index is 12.4. The molecule has 9 heteroatoms. The van der Waals surface area contributed by atoms with Gasteiger partial charge in [-0.15, -0.1) is 11.3 Å². The van der Waals surface area contributed by atoms with Crippen LogP contribution in [0.5, 0.6) is 0 Å². The molecule has 0 radical (unpaired) electrons. The van der Waals surface area contributed by atoms with Gasteiger partial charge < -0.3 is 19.9 Å². The number of hydrogen-bond acceptors (Lipinski definition) is 6. The van der Waals surface area contributed by atoms with Crippen LogP contribution in [0.15, 0.2) is 4.79 Å². The lowest BCUT2D eigenvalue weighted by Gasteiger charge is -2.16. The molecule has 0 aromatic carbocycles. The highest BCUT2D eigenvalue weighted by atomic mass is 32.1. The van der Waals surface area contributed by atoms with Gasteiger partial charge in [-0.05, 0) is 26.3 Å². The molecule has 1 amide bonds. The van der Waals surface area contributed by atoms with Crippen molar-refractivity contribution in [1.82, 2.24) is 15.3 Å². The fraction of sp³-hybridized carbons (Fsp3) is 0.500. The Labute approximate surface area is 149 Å². The molecular formula is C16H23N4O4S+. The molecule has 2 aromatic rings. The number of aromatic amines is 1. The molecule has 1 unspecified atom stereocenters. The molecule has 0 saturated heterocycles. The number of hydrogen-bond donors (Lipinski definition) is 3. The minimum absolute atomic E-state index is 0.0391. The van der Waals surface area contributed by atoms with Crippen LogP contribution < -0.4 is 15.8 Å². The van der Waals surface area contributed by atoms with Crippen LogP contribution >= 0.6 is 11.3 Å². The topological polar surface area (TPSA) is 106 Å². The number of quaternary nitrogens is 1. The largest absolute Gasteiger partial charge is 0.465 e. The molecule has 1 atom stereocenters. The van der Waals surface area contributed by atoms with Crippen molar-refractivity contribution in [3.63, 3.8) is 0 Å². The van der Waals surface area contributed by atoms with Gasteiger partial charge in [-0.25, -0.2) is 9.78 Å². The maximum absolute atomic E-state index is 12.4. The minimum atomic E-state index is -0.474. The molecule has 2 heterocycles. The average Bonchev–Trinajstić information content (AvgIpc) is 2.90. The molecule has 136 valence electrons. The second kappa shape index (κ2) is 8.21. The van der Waals surface area contributed by atoms with Crippen molar-refractivity contribution in [2.75, 3.05) is 26.7 Å². The van der Waals surface area contributed by atoms with E-state index in [1.165, 1.54) is 7.11 Å². The molecule has 0 fully saturated rings. The SMILES string of the molecule is CCNC(=O)C[NH+](CC)Cc1nc2sc(C(=O)OC)c(C)c2c(=O)[nH]1. The Bertz CT molecular complexity index is 843. The normalized spacial score (nSPS) is 12.2. The van der Waals surface area contributed by atoms with Gasteiger partial charge in [0.25, 0.3) is 11.5 Å². The van der Waals surface area contributed by atoms with E-state index in [-0.39, 0.29) is 11.5 Å². The van der Waals surface area contributed by atoms with Crippen molar-refractivity contribution in [3.8, 4) is 0 Å². The van der Waals surface area contributed by atoms with Gasteiger partial charge >= 0.3 is 5.97 Å². The molecule has 8 nitrogen and oxygen atoms in total. The highest BCUT2D eigenvalue weighted by Crippen LogP contribution is 2.27. The number of nitrogens with zero attached hydrogens (tertiary/aromatic N) is 1. The first-order valence-electron chi connectivity index (χ1n) is 8.12. The zero-order valence-electron chi connectivity index (χ0n) is 14.8. The van der Waals surface area contributed by atoms with E-state index in [0.29, 0.717) is 46.1 Å². The summed E-state index contributed by atoms with van der Waals surface area (Å²) in [6.07, 6.45) is 0. The molecule has 2 rings (SSSR count). The molecule has 0 bridgehead atoms. The number of methoxy groups -OCH3 is 1. The second-order valence-corrected chi connectivity index (χ2v) is 6.65. The van der Waals surface area contributed by atoms with Crippen molar-refractivity contribution in [2.24, 2.45) is 0 Å². The number of ether oxygens (including phenoxy) is 1. The van der Waals surface area contributed by atoms with Crippen LogP contribution in [0.4, 0.5) is 0 Å². The van der Waals surface area contributed by atoms with Gasteiger partial charge in [-0.3, -0.25) is 9.59 Å². The summed E-state index contributed by atoms with van der Waals surface area (Å²) in [4.78, 5) is 45.1. The van der Waals surface area contributed by atoms with Crippen molar-refractivity contribution in [1.29, 1.82) is 0 Å². The predicted octanol–water partition coefficient (Wildman–Crippen LogP) is -0.379. The summed E-state index contributed by atoms with van der Waals surface area (Å²) < 4.78 is 4.75. The third-order valence-electron chi connectivity index (χ3n) is 3.92. The Morgan fingerprint density at radius 2 is 2.08 bits per heavy atom. The number of esters is 1. The third-order valence-corrected chi connectivity index (χ3v) is 5.09. The fourth-order valence-corrected chi connectivity index (χ4v) is 3.71. The van der Waals surface area contributed by atoms with Crippen LogP contribution in [-0.4, -0.2) is 48.6 Å². The number of carbonyl (C=O) groups is 2. The fourth-order valence-electron chi connectivity index (χ4n) is 2.60. The Morgan fingerprint density at radius 3 is 2.68 bits per heavy atom. The monoisotopic (exact) mass is 367 g/mol. The van der Waals surface area contributed by atoms with Gasteiger partial charge in [0.05, 0.1) is 19.0 Å². The van der Waals surface area contributed by atoms with Crippen LogP contribution in [0.3, 0.4) is 0 Å². The molecule has 3 N–H and O–H groups in total. The van der Waals surface area contributed by atoms with Gasteiger partial charge in [-0.2, -0.15) is 0 Å². The predicted molar refractivity (Wildman–Crippen MR) is 95.1 cm³/mol. The van der Waals surface area contributed by atoms with E-state index in [4.69, 9.17) is 4.74 Å². The lowest BCUT2D eigenvalue weighted by Crippen LogP contribution is -3.11. The highest BCUT2D eigenvalue weighted by molar-refractivity contribution is 7.20. The van der Waals surface area contributed by atoms with Crippen LogP contribution in [0.2, 0.25) is 0 Å². The van der Waals surface area contributed by atoms with Crippen molar-refractivity contribution >= 4 is 33.4 Å². The summed E-state index contributed by atoms with van der Waals surface area (Å²) in [6.45, 7) is 7.58. The van der Waals surface area contributed by atoms with E-state index < -0.39 is 5.97 Å². The molecule has 2 aromatic heterocycles. The number of amides is 1. The number of likely N-dealkylation sites (N-methyl/N-ethyl adjacent to an activating group) is 2. The maximum Gasteiger partial charge on any atom is 0.348 e. The Morgan fingerprint density at radius 1 is 1.36 bits per heavy atom. The number of H-pyrrole nitrogens is 1. The number of thiophene rings is 1. The number of aromatic nitrogens is 2. The number of carbonyl (C=O) groups excluding carboxylic acids is 2. The quantitative estimate of drug-likeness (QED) is 0.579. The van der Waals surface area contributed by atoms with E-state index in [9.17, 15) is 14.4 Å². The van der Waals surface area contributed by atoms with Gasteiger partial charge in [0.15, 0.2) is 12.4 Å². The first kappa shape index (κ1) is 19.1. The van der Waals surface area contributed by atoms with Crippen molar-refractivity contribution < 1.29 is 19.2 Å². The molecule has 0 aliphatic heterocycles. The highest BCUT2D eigenvalue weighted by Gasteiger charge is 2.21. The number of fused-ring (bicyclic) bond motifs is 1.